The number of carbonyl (C=O) groups is 1. The first-order valence-electron chi connectivity index (χ1n) is 4.43. The number of rotatable bonds is 4. The maximum atomic E-state index is 11.2. The van der Waals surface area contributed by atoms with Crippen LogP contribution in [0.3, 0.4) is 0 Å². The average Bonchev–Trinajstić information content (AvgIpc) is 2.58. The zero-order valence-corrected chi connectivity index (χ0v) is 10.3. The van der Waals surface area contributed by atoms with Crippen molar-refractivity contribution in [3.8, 4) is 0 Å². The fraction of sp³-hybridized carbons (Fsp3) is 0.300. The normalized spacial score (nSPS) is 10.7. The van der Waals surface area contributed by atoms with Gasteiger partial charge in [-0.05, 0) is 40.6 Å². The van der Waals surface area contributed by atoms with Gasteiger partial charge in [-0.25, -0.2) is 0 Å². The van der Waals surface area contributed by atoms with Crippen LogP contribution < -0.4 is 5.32 Å². The fourth-order valence-corrected chi connectivity index (χ4v) is 2.21. The molecule has 1 amide bonds. The molecular formula is C10H12BrNOS. The van der Waals surface area contributed by atoms with Gasteiger partial charge in [0.1, 0.15) is 0 Å². The first-order valence-corrected chi connectivity index (χ1v) is 6.04. The van der Waals surface area contributed by atoms with Crippen LogP contribution in [-0.2, 0) is 4.79 Å². The van der Waals surface area contributed by atoms with E-state index in [0.29, 0.717) is 0 Å². The third kappa shape index (κ3) is 4.07. The molecule has 0 saturated carbocycles. The van der Waals surface area contributed by atoms with E-state index in [4.69, 9.17) is 0 Å². The van der Waals surface area contributed by atoms with Gasteiger partial charge in [0.05, 0.1) is 3.79 Å². The summed E-state index contributed by atoms with van der Waals surface area (Å²) in [6.07, 6.45) is 4.35. The number of amides is 1. The van der Waals surface area contributed by atoms with Gasteiger partial charge in [0.2, 0.25) is 5.91 Å². The highest BCUT2D eigenvalue weighted by Gasteiger charge is 1.95. The van der Waals surface area contributed by atoms with Gasteiger partial charge in [0.25, 0.3) is 0 Å². The van der Waals surface area contributed by atoms with Crippen molar-refractivity contribution in [3.05, 3.63) is 26.9 Å². The highest BCUT2D eigenvalue weighted by atomic mass is 79.9. The molecule has 1 heterocycles. The van der Waals surface area contributed by atoms with Crippen molar-refractivity contribution < 1.29 is 4.79 Å². The van der Waals surface area contributed by atoms with Crippen LogP contribution in [0.5, 0.6) is 0 Å². The standard InChI is InChI=1S/C10H12BrNOS/c1-2-7-12-10(13)6-4-8-3-5-9(11)14-8/h3-6H,2,7H2,1H3,(H,12,13)/b6-4+. The SMILES string of the molecule is CCCNC(=O)/C=C/c1ccc(Br)s1. The third-order valence-corrected chi connectivity index (χ3v) is 3.13. The van der Waals surface area contributed by atoms with Crippen molar-refractivity contribution in [1.82, 2.24) is 5.32 Å². The van der Waals surface area contributed by atoms with Crippen molar-refractivity contribution in [1.29, 1.82) is 0 Å². The van der Waals surface area contributed by atoms with Crippen molar-refractivity contribution in [3.63, 3.8) is 0 Å². The van der Waals surface area contributed by atoms with E-state index >= 15 is 0 Å². The highest BCUT2D eigenvalue weighted by Crippen LogP contribution is 2.22. The van der Waals surface area contributed by atoms with E-state index in [-0.39, 0.29) is 5.91 Å². The van der Waals surface area contributed by atoms with Gasteiger partial charge in [0, 0.05) is 17.5 Å². The Morgan fingerprint density at radius 2 is 2.43 bits per heavy atom. The van der Waals surface area contributed by atoms with E-state index in [2.05, 4.69) is 21.2 Å². The lowest BCUT2D eigenvalue weighted by Crippen LogP contribution is -2.21. The molecule has 1 N–H and O–H groups in total. The first kappa shape index (κ1) is 11.5. The second kappa shape index (κ2) is 5.98. The summed E-state index contributed by atoms with van der Waals surface area (Å²) in [5.74, 6) is -0.0311. The summed E-state index contributed by atoms with van der Waals surface area (Å²) in [6, 6.07) is 3.94. The molecule has 2 nitrogen and oxygen atoms in total. The number of hydrogen-bond donors (Lipinski definition) is 1. The minimum atomic E-state index is -0.0311. The molecule has 0 saturated heterocycles. The van der Waals surface area contributed by atoms with E-state index in [1.165, 1.54) is 0 Å². The summed E-state index contributed by atoms with van der Waals surface area (Å²) in [4.78, 5) is 12.2. The van der Waals surface area contributed by atoms with Gasteiger partial charge >= 0.3 is 0 Å². The molecule has 0 fully saturated rings. The third-order valence-electron chi connectivity index (χ3n) is 1.54. The minimum Gasteiger partial charge on any atom is -0.353 e. The van der Waals surface area contributed by atoms with Crippen molar-refractivity contribution in [2.24, 2.45) is 0 Å². The quantitative estimate of drug-likeness (QED) is 0.840. The molecule has 1 rings (SSSR count). The lowest BCUT2D eigenvalue weighted by molar-refractivity contribution is -0.116. The summed E-state index contributed by atoms with van der Waals surface area (Å²) in [6.45, 7) is 2.76. The highest BCUT2D eigenvalue weighted by molar-refractivity contribution is 9.11. The van der Waals surface area contributed by atoms with E-state index in [9.17, 15) is 4.79 Å². The van der Waals surface area contributed by atoms with Crippen LogP contribution in [0.4, 0.5) is 0 Å². The Hall–Kier alpha value is -0.610. The van der Waals surface area contributed by atoms with Crippen molar-refractivity contribution in [2.75, 3.05) is 6.54 Å². The maximum Gasteiger partial charge on any atom is 0.244 e. The number of nitrogens with one attached hydrogen (secondary N) is 1. The Morgan fingerprint density at radius 1 is 1.64 bits per heavy atom. The summed E-state index contributed by atoms with van der Waals surface area (Å²) in [5, 5.41) is 2.78. The number of thiophene rings is 1. The predicted molar refractivity (Wildman–Crippen MR) is 64.4 cm³/mol. The van der Waals surface area contributed by atoms with Gasteiger partial charge in [-0.2, -0.15) is 0 Å². The number of hydrogen-bond acceptors (Lipinski definition) is 2. The van der Waals surface area contributed by atoms with E-state index in [1.54, 1.807) is 17.4 Å². The zero-order valence-electron chi connectivity index (χ0n) is 7.92. The topological polar surface area (TPSA) is 29.1 Å². The Kier molecular flexibility index (Phi) is 4.90. The summed E-state index contributed by atoms with van der Waals surface area (Å²) in [7, 11) is 0. The fourth-order valence-electron chi connectivity index (χ4n) is 0.883. The molecule has 0 bridgehead atoms. The van der Waals surface area contributed by atoms with Crippen molar-refractivity contribution in [2.45, 2.75) is 13.3 Å². The summed E-state index contributed by atoms with van der Waals surface area (Å²) in [5.41, 5.74) is 0. The van der Waals surface area contributed by atoms with Crippen LogP contribution in [0.1, 0.15) is 18.2 Å². The monoisotopic (exact) mass is 273 g/mol. The molecule has 76 valence electrons. The number of carbonyl (C=O) groups excluding carboxylic acids is 1. The smallest absolute Gasteiger partial charge is 0.244 e. The summed E-state index contributed by atoms with van der Waals surface area (Å²) < 4.78 is 1.08. The lowest BCUT2D eigenvalue weighted by Gasteiger charge is -1.96. The zero-order chi connectivity index (χ0) is 10.4. The molecule has 1 aromatic heterocycles. The Balaban J connectivity index is 2.43. The molecule has 0 radical (unpaired) electrons. The molecule has 0 atom stereocenters. The molecule has 4 heteroatoms. The van der Waals surface area contributed by atoms with Crippen LogP contribution >= 0.6 is 27.3 Å². The van der Waals surface area contributed by atoms with Crippen LogP contribution in [0.2, 0.25) is 0 Å². The molecule has 0 unspecified atom stereocenters. The summed E-state index contributed by atoms with van der Waals surface area (Å²) >= 11 is 4.97. The molecule has 0 aromatic carbocycles. The lowest BCUT2D eigenvalue weighted by atomic mass is 10.4. The molecule has 0 aliphatic carbocycles. The van der Waals surface area contributed by atoms with Crippen LogP contribution in [0.15, 0.2) is 22.0 Å². The van der Waals surface area contributed by atoms with E-state index < -0.39 is 0 Å². The molecule has 0 spiro atoms. The second-order valence-corrected chi connectivity index (χ2v) is 5.26. The van der Waals surface area contributed by atoms with Gasteiger partial charge in [0.15, 0.2) is 0 Å². The molecule has 1 aromatic rings. The molecule has 0 aliphatic heterocycles. The van der Waals surface area contributed by atoms with Crippen LogP contribution in [-0.4, -0.2) is 12.5 Å². The van der Waals surface area contributed by atoms with Crippen LogP contribution in [0, 0.1) is 0 Å². The Labute approximate surface area is 96.2 Å². The Bertz CT molecular complexity index is 333. The first-order chi connectivity index (χ1) is 6.72. The largest absolute Gasteiger partial charge is 0.353 e. The predicted octanol–water partition coefficient (Wildman–Crippen LogP) is 3.05. The maximum absolute atomic E-state index is 11.2. The van der Waals surface area contributed by atoms with Crippen molar-refractivity contribution >= 4 is 39.2 Å². The van der Waals surface area contributed by atoms with Gasteiger partial charge in [-0.3, -0.25) is 4.79 Å². The van der Waals surface area contributed by atoms with Gasteiger partial charge < -0.3 is 5.32 Å². The van der Waals surface area contributed by atoms with Crippen LogP contribution in [0.25, 0.3) is 6.08 Å². The van der Waals surface area contributed by atoms with Gasteiger partial charge in [-0.1, -0.05) is 6.92 Å². The Morgan fingerprint density at radius 3 is 3.00 bits per heavy atom. The second-order valence-electron chi connectivity index (χ2n) is 2.77. The molecule has 0 aliphatic rings. The molecular weight excluding hydrogens is 262 g/mol. The minimum absolute atomic E-state index is 0.0311. The van der Waals surface area contributed by atoms with Gasteiger partial charge in [-0.15, -0.1) is 11.3 Å². The van der Waals surface area contributed by atoms with E-state index in [1.807, 2.05) is 25.1 Å². The average molecular weight is 274 g/mol. The van der Waals surface area contributed by atoms with E-state index in [0.717, 1.165) is 21.6 Å². The number of halogens is 1. The molecule has 14 heavy (non-hydrogen) atoms.